The van der Waals surface area contributed by atoms with Crippen molar-refractivity contribution in [3.63, 3.8) is 0 Å². The highest BCUT2D eigenvalue weighted by atomic mass is 14.7. The molecular formula is C12H17N. The number of hydrogen-bond acceptors (Lipinski definition) is 1. The minimum Gasteiger partial charge on any atom is -0.324 e. The zero-order valence-electron chi connectivity index (χ0n) is 8.16. The minimum absolute atomic E-state index is 0.272. The van der Waals surface area contributed by atoms with E-state index in [1.165, 1.54) is 30.4 Å². The van der Waals surface area contributed by atoms with Gasteiger partial charge in [0.2, 0.25) is 0 Å². The minimum atomic E-state index is 0.272. The summed E-state index contributed by atoms with van der Waals surface area (Å²) in [7, 11) is 0. The molecule has 70 valence electrons. The first-order valence-electron chi connectivity index (χ1n) is 5.09. The van der Waals surface area contributed by atoms with Crippen LogP contribution in [0, 0.1) is 12.8 Å². The van der Waals surface area contributed by atoms with E-state index in [2.05, 4.69) is 31.2 Å². The lowest BCUT2D eigenvalue weighted by Gasteiger charge is -2.31. The summed E-state index contributed by atoms with van der Waals surface area (Å²) in [6.07, 6.45) is 3.99. The molecule has 1 fully saturated rings. The molecule has 1 aromatic rings. The van der Waals surface area contributed by atoms with Gasteiger partial charge in [-0.1, -0.05) is 36.2 Å². The highest BCUT2D eigenvalue weighted by Gasteiger charge is 2.25. The summed E-state index contributed by atoms with van der Waals surface area (Å²) in [4.78, 5) is 0. The van der Waals surface area contributed by atoms with E-state index in [9.17, 15) is 0 Å². The Hall–Kier alpha value is -0.820. The molecule has 0 heterocycles. The monoisotopic (exact) mass is 175 g/mol. The van der Waals surface area contributed by atoms with Crippen molar-refractivity contribution in [2.24, 2.45) is 11.7 Å². The zero-order valence-corrected chi connectivity index (χ0v) is 8.16. The maximum Gasteiger partial charge on any atom is 0.0323 e. The van der Waals surface area contributed by atoms with Gasteiger partial charge < -0.3 is 5.73 Å². The first kappa shape index (κ1) is 8.76. The van der Waals surface area contributed by atoms with Gasteiger partial charge in [0.25, 0.3) is 0 Å². The van der Waals surface area contributed by atoms with Crippen LogP contribution in [0.1, 0.15) is 36.4 Å². The maximum atomic E-state index is 6.17. The number of hydrogen-bond donors (Lipinski definition) is 1. The quantitative estimate of drug-likeness (QED) is 0.735. The lowest BCUT2D eigenvalue weighted by Crippen LogP contribution is -2.26. The van der Waals surface area contributed by atoms with Crippen molar-refractivity contribution in [3.8, 4) is 0 Å². The van der Waals surface area contributed by atoms with Crippen molar-refractivity contribution in [2.75, 3.05) is 0 Å². The molecule has 1 saturated carbocycles. The standard InChI is InChI=1S/C12H17N/c1-9-4-2-7-11(8-9)12(13)10-5-3-6-10/h2,4,7-8,10,12H,3,5-6,13H2,1H3/t12-/m0/s1. The molecule has 0 aromatic heterocycles. The summed E-state index contributed by atoms with van der Waals surface area (Å²) in [6.45, 7) is 2.12. The zero-order chi connectivity index (χ0) is 9.26. The molecule has 0 spiro atoms. The van der Waals surface area contributed by atoms with Gasteiger partial charge in [0, 0.05) is 6.04 Å². The van der Waals surface area contributed by atoms with Crippen LogP contribution in [0.25, 0.3) is 0 Å². The predicted molar refractivity (Wildman–Crippen MR) is 55.4 cm³/mol. The van der Waals surface area contributed by atoms with E-state index in [1.54, 1.807) is 0 Å². The first-order chi connectivity index (χ1) is 6.27. The van der Waals surface area contributed by atoms with E-state index in [1.807, 2.05) is 0 Å². The first-order valence-corrected chi connectivity index (χ1v) is 5.09. The summed E-state index contributed by atoms with van der Waals surface area (Å²) < 4.78 is 0. The molecule has 1 nitrogen and oxygen atoms in total. The van der Waals surface area contributed by atoms with Gasteiger partial charge in [-0.3, -0.25) is 0 Å². The average Bonchev–Trinajstić information content (AvgIpc) is 2.01. The second-order valence-corrected chi connectivity index (χ2v) is 4.13. The fraction of sp³-hybridized carbons (Fsp3) is 0.500. The molecular weight excluding hydrogens is 158 g/mol. The van der Waals surface area contributed by atoms with E-state index in [4.69, 9.17) is 5.73 Å². The topological polar surface area (TPSA) is 26.0 Å². The van der Waals surface area contributed by atoms with Gasteiger partial charge in [-0.2, -0.15) is 0 Å². The molecule has 1 aromatic carbocycles. The summed E-state index contributed by atoms with van der Waals surface area (Å²) in [5, 5.41) is 0. The number of benzene rings is 1. The maximum absolute atomic E-state index is 6.17. The average molecular weight is 175 g/mol. The summed E-state index contributed by atoms with van der Waals surface area (Å²) in [5.74, 6) is 0.738. The molecule has 2 N–H and O–H groups in total. The van der Waals surface area contributed by atoms with Crippen molar-refractivity contribution in [1.82, 2.24) is 0 Å². The lowest BCUT2D eigenvalue weighted by molar-refractivity contribution is 0.264. The van der Waals surface area contributed by atoms with Crippen LogP contribution in [0.2, 0.25) is 0 Å². The Kier molecular flexibility index (Phi) is 2.36. The van der Waals surface area contributed by atoms with Crippen molar-refractivity contribution < 1.29 is 0 Å². The number of aryl methyl sites for hydroxylation is 1. The van der Waals surface area contributed by atoms with Crippen LogP contribution in [-0.2, 0) is 0 Å². The third-order valence-corrected chi connectivity index (χ3v) is 3.08. The van der Waals surface area contributed by atoms with Crippen LogP contribution < -0.4 is 5.73 Å². The predicted octanol–water partition coefficient (Wildman–Crippen LogP) is 2.79. The van der Waals surface area contributed by atoms with Crippen molar-refractivity contribution >= 4 is 0 Å². The van der Waals surface area contributed by atoms with Crippen LogP contribution in [0.15, 0.2) is 24.3 Å². The SMILES string of the molecule is Cc1cccc([C@@H](N)C2CCC2)c1. The van der Waals surface area contributed by atoms with Crippen molar-refractivity contribution in [3.05, 3.63) is 35.4 Å². The Morgan fingerprint density at radius 3 is 2.69 bits per heavy atom. The smallest absolute Gasteiger partial charge is 0.0323 e. The third kappa shape index (κ3) is 1.75. The van der Waals surface area contributed by atoms with Gasteiger partial charge in [0.05, 0.1) is 0 Å². The Labute approximate surface area is 80.0 Å². The van der Waals surface area contributed by atoms with E-state index in [0.717, 1.165) is 5.92 Å². The van der Waals surface area contributed by atoms with E-state index in [0.29, 0.717) is 0 Å². The molecule has 0 amide bonds. The van der Waals surface area contributed by atoms with Crippen LogP contribution in [0.5, 0.6) is 0 Å². The van der Waals surface area contributed by atoms with Gasteiger partial charge in [0.15, 0.2) is 0 Å². The molecule has 1 heteroatoms. The molecule has 1 atom stereocenters. The van der Waals surface area contributed by atoms with Crippen molar-refractivity contribution in [1.29, 1.82) is 0 Å². The highest BCUT2D eigenvalue weighted by molar-refractivity contribution is 5.25. The van der Waals surface area contributed by atoms with Gasteiger partial charge >= 0.3 is 0 Å². The third-order valence-electron chi connectivity index (χ3n) is 3.08. The summed E-state index contributed by atoms with van der Waals surface area (Å²) in [6, 6.07) is 8.85. The Morgan fingerprint density at radius 1 is 1.38 bits per heavy atom. The Balaban J connectivity index is 2.14. The molecule has 0 radical (unpaired) electrons. The normalized spacial score (nSPS) is 19.5. The largest absolute Gasteiger partial charge is 0.324 e. The molecule has 1 aliphatic rings. The van der Waals surface area contributed by atoms with Crippen LogP contribution in [0.3, 0.4) is 0 Å². The molecule has 0 saturated heterocycles. The number of nitrogens with two attached hydrogens (primary N) is 1. The van der Waals surface area contributed by atoms with E-state index in [-0.39, 0.29) is 6.04 Å². The van der Waals surface area contributed by atoms with Crippen LogP contribution >= 0.6 is 0 Å². The fourth-order valence-corrected chi connectivity index (χ4v) is 1.95. The van der Waals surface area contributed by atoms with Gasteiger partial charge in [-0.05, 0) is 31.2 Å². The van der Waals surface area contributed by atoms with Crippen LogP contribution in [0.4, 0.5) is 0 Å². The summed E-state index contributed by atoms with van der Waals surface area (Å²) >= 11 is 0. The second-order valence-electron chi connectivity index (χ2n) is 4.13. The van der Waals surface area contributed by atoms with Crippen molar-refractivity contribution in [2.45, 2.75) is 32.2 Å². The summed E-state index contributed by atoms with van der Waals surface area (Å²) in [5.41, 5.74) is 8.79. The Bertz CT molecular complexity index is 289. The molecule has 1 aliphatic carbocycles. The lowest BCUT2D eigenvalue weighted by atomic mass is 9.77. The fourth-order valence-electron chi connectivity index (χ4n) is 1.95. The molecule has 2 rings (SSSR count). The molecule has 0 aliphatic heterocycles. The van der Waals surface area contributed by atoms with E-state index < -0.39 is 0 Å². The van der Waals surface area contributed by atoms with Gasteiger partial charge in [-0.15, -0.1) is 0 Å². The van der Waals surface area contributed by atoms with E-state index >= 15 is 0 Å². The van der Waals surface area contributed by atoms with Gasteiger partial charge in [-0.25, -0.2) is 0 Å². The molecule has 0 bridgehead atoms. The molecule has 0 unspecified atom stereocenters. The Morgan fingerprint density at radius 2 is 2.15 bits per heavy atom. The second kappa shape index (κ2) is 3.51. The molecule has 13 heavy (non-hydrogen) atoms. The van der Waals surface area contributed by atoms with Crippen LogP contribution in [-0.4, -0.2) is 0 Å². The number of rotatable bonds is 2. The van der Waals surface area contributed by atoms with Gasteiger partial charge in [0.1, 0.15) is 0 Å². The highest BCUT2D eigenvalue weighted by Crippen LogP contribution is 2.36.